The fraction of sp³-hybridized carbons (Fsp3) is 0.529. The monoisotopic (exact) mass is 435 g/mol. The second kappa shape index (κ2) is 7.48. The molecule has 1 fully saturated rings. The van der Waals surface area contributed by atoms with Crippen LogP contribution in [0.25, 0.3) is 10.9 Å². The molecule has 1 heterocycles. The number of aromatic amines is 1. The Labute approximate surface area is 163 Å². The highest BCUT2D eigenvalue weighted by Crippen LogP contribution is 2.38. The second-order valence-corrected chi connectivity index (χ2v) is 8.83. The maximum atomic E-state index is 13.6. The molecule has 12 heteroatoms. The zero-order chi connectivity index (χ0) is 21.6. The Bertz CT molecular complexity index is 1150. The Morgan fingerprint density at radius 1 is 1.24 bits per heavy atom. The van der Waals surface area contributed by atoms with Crippen molar-refractivity contribution in [1.29, 1.82) is 0 Å². The number of benzene rings is 1. The normalized spacial score (nSPS) is 17.0. The maximum absolute atomic E-state index is 13.6. The Morgan fingerprint density at radius 2 is 1.86 bits per heavy atom. The molecule has 0 aliphatic heterocycles. The standard InChI is InChI=1S/C17H20F3N3O5S/c1-9(28-10-5-3-4-6-10)11-7-12-14(8-13(11)17(18,19)20)21-16(25)23(15(12)24)22-29(2,26)27/h7-10,22H,3-6H2,1-2H3,(H,21,25)/t9-/m1/s1. The second-order valence-electron chi connectivity index (χ2n) is 7.10. The van der Waals surface area contributed by atoms with E-state index in [2.05, 4.69) is 4.98 Å². The summed E-state index contributed by atoms with van der Waals surface area (Å²) in [4.78, 5) is 28.5. The Morgan fingerprint density at radius 3 is 2.41 bits per heavy atom. The Hall–Kier alpha value is -2.34. The first-order valence-corrected chi connectivity index (χ1v) is 10.8. The van der Waals surface area contributed by atoms with Gasteiger partial charge in [0.25, 0.3) is 5.56 Å². The lowest BCUT2D eigenvalue weighted by Crippen LogP contribution is -2.43. The van der Waals surface area contributed by atoms with Crippen LogP contribution in [-0.4, -0.2) is 30.4 Å². The van der Waals surface area contributed by atoms with Crippen LogP contribution in [0.3, 0.4) is 0 Å². The number of nitrogens with one attached hydrogen (secondary N) is 2. The summed E-state index contributed by atoms with van der Waals surface area (Å²) in [5, 5.41) is -0.273. The van der Waals surface area contributed by atoms with Crippen LogP contribution in [-0.2, 0) is 20.9 Å². The molecule has 0 bridgehead atoms. The number of aromatic nitrogens is 2. The fourth-order valence-corrected chi connectivity index (χ4v) is 4.00. The third kappa shape index (κ3) is 4.64. The molecule has 2 N–H and O–H groups in total. The van der Waals surface area contributed by atoms with Gasteiger partial charge in [-0.05, 0) is 37.5 Å². The number of ether oxygens (including phenoxy) is 1. The van der Waals surface area contributed by atoms with E-state index in [1.54, 1.807) is 4.83 Å². The number of nitrogens with zero attached hydrogens (tertiary/aromatic N) is 1. The molecular weight excluding hydrogens is 415 g/mol. The van der Waals surface area contributed by atoms with Crippen LogP contribution in [0.2, 0.25) is 0 Å². The summed E-state index contributed by atoms with van der Waals surface area (Å²) in [6, 6.07) is 1.67. The average Bonchev–Trinajstić information content (AvgIpc) is 3.09. The molecule has 160 valence electrons. The molecule has 8 nitrogen and oxygen atoms in total. The molecule has 1 atom stereocenters. The summed E-state index contributed by atoms with van der Waals surface area (Å²) in [5.41, 5.74) is -3.93. The summed E-state index contributed by atoms with van der Waals surface area (Å²) >= 11 is 0. The van der Waals surface area contributed by atoms with Gasteiger partial charge in [-0.1, -0.05) is 12.8 Å². The molecule has 1 aliphatic rings. The van der Waals surface area contributed by atoms with Crippen LogP contribution in [0.15, 0.2) is 21.7 Å². The van der Waals surface area contributed by atoms with Gasteiger partial charge < -0.3 is 9.72 Å². The van der Waals surface area contributed by atoms with Crippen molar-refractivity contribution in [2.75, 3.05) is 11.1 Å². The third-order valence-electron chi connectivity index (χ3n) is 4.77. The van der Waals surface area contributed by atoms with E-state index in [4.69, 9.17) is 4.74 Å². The van der Waals surface area contributed by atoms with Crippen molar-refractivity contribution in [2.45, 2.75) is 51.0 Å². The molecule has 1 aromatic heterocycles. The topological polar surface area (TPSA) is 110 Å². The van der Waals surface area contributed by atoms with Gasteiger partial charge in [0.05, 0.1) is 34.9 Å². The number of H-pyrrole nitrogens is 1. The zero-order valence-corrected chi connectivity index (χ0v) is 16.5. The maximum Gasteiger partial charge on any atom is 0.416 e. The lowest BCUT2D eigenvalue weighted by molar-refractivity contribution is -0.139. The molecule has 1 aliphatic carbocycles. The van der Waals surface area contributed by atoms with Crippen LogP contribution in [0.1, 0.15) is 49.8 Å². The smallest absolute Gasteiger partial charge is 0.371 e. The van der Waals surface area contributed by atoms with Gasteiger partial charge in [0.2, 0.25) is 10.0 Å². The number of hydrogen-bond acceptors (Lipinski definition) is 5. The number of halogens is 3. The lowest BCUT2D eigenvalue weighted by Gasteiger charge is -2.23. The number of sulfonamides is 1. The molecule has 0 amide bonds. The number of rotatable bonds is 5. The van der Waals surface area contributed by atoms with Gasteiger partial charge >= 0.3 is 11.9 Å². The predicted octanol–water partition coefficient (Wildman–Crippen LogP) is 2.23. The van der Waals surface area contributed by atoms with E-state index < -0.39 is 39.1 Å². The number of alkyl halides is 3. The predicted molar refractivity (Wildman–Crippen MR) is 99.8 cm³/mol. The van der Waals surface area contributed by atoms with Gasteiger partial charge in [-0.2, -0.15) is 17.8 Å². The van der Waals surface area contributed by atoms with Gasteiger partial charge in [0.15, 0.2) is 0 Å². The molecular formula is C17H20F3N3O5S. The van der Waals surface area contributed by atoms with Crippen LogP contribution < -0.4 is 16.1 Å². The zero-order valence-electron chi connectivity index (χ0n) is 15.7. The van der Waals surface area contributed by atoms with Gasteiger partial charge in [0.1, 0.15) is 0 Å². The molecule has 1 aromatic carbocycles. The number of fused-ring (bicyclic) bond motifs is 1. The van der Waals surface area contributed by atoms with E-state index in [-0.39, 0.29) is 27.2 Å². The van der Waals surface area contributed by atoms with Crippen LogP contribution in [0.4, 0.5) is 13.2 Å². The van der Waals surface area contributed by atoms with Crippen LogP contribution >= 0.6 is 0 Å². The van der Waals surface area contributed by atoms with Gasteiger partial charge in [-0.25, -0.2) is 18.0 Å². The molecule has 29 heavy (non-hydrogen) atoms. The molecule has 3 rings (SSSR count). The third-order valence-corrected chi connectivity index (χ3v) is 5.28. The van der Waals surface area contributed by atoms with Gasteiger partial charge in [0, 0.05) is 0 Å². The first kappa shape index (κ1) is 21.4. The average molecular weight is 435 g/mol. The molecule has 0 unspecified atom stereocenters. The largest absolute Gasteiger partial charge is 0.416 e. The van der Waals surface area contributed by atoms with Crippen molar-refractivity contribution < 1.29 is 26.3 Å². The van der Waals surface area contributed by atoms with Gasteiger partial charge in [-0.15, -0.1) is 0 Å². The van der Waals surface area contributed by atoms with Crippen molar-refractivity contribution in [1.82, 2.24) is 9.66 Å². The summed E-state index contributed by atoms with van der Waals surface area (Å²) in [7, 11) is -3.98. The van der Waals surface area contributed by atoms with E-state index >= 15 is 0 Å². The van der Waals surface area contributed by atoms with Crippen LogP contribution in [0, 0.1) is 0 Å². The lowest BCUT2D eigenvalue weighted by atomic mass is 9.99. The van der Waals surface area contributed by atoms with Crippen LogP contribution in [0.5, 0.6) is 0 Å². The molecule has 0 spiro atoms. The molecule has 0 saturated heterocycles. The number of hydrogen-bond donors (Lipinski definition) is 2. The van der Waals surface area contributed by atoms with Crippen molar-refractivity contribution in [3.8, 4) is 0 Å². The van der Waals surface area contributed by atoms with Crippen molar-refractivity contribution >= 4 is 20.9 Å². The van der Waals surface area contributed by atoms with E-state index in [1.807, 2.05) is 0 Å². The van der Waals surface area contributed by atoms with E-state index in [0.29, 0.717) is 6.07 Å². The fourth-order valence-electron chi connectivity index (χ4n) is 3.50. The minimum atomic E-state index is -4.74. The minimum Gasteiger partial charge on any atom is -0.371 e. The molecule has 1 saturated carbocycles. The van der Waals surface area contributed by atoms with Crippen molar-refractivity contribution in [3.05, 3.63) is 44.1 Å². The highest BCUT2D eigenvalue weighted by Gasteiger charge is 2.36. The summed E-state index contributed by atoms with van der Waals surface area (Å²) < 4.78 is 69.7. The quantitative estimate of drug-likeness (QED) is 0.749. The highest BCUT2D eigenvalue weighted by atomic mass is 32.2. The SMILES string of the molecule is C[C@@H](OC1CCCC1)c1cc2c(=O)n(NS(C)(=O)=O)c(=O)[nH]c2cc1C(F)(F)F. The summed E-state index contributed by atoms with van der Waals surface area (Å²) in [5.74, 6) is 0. The minimum absolute atomic E-state index is 0.166. The first-order chi connectivity index (χ1) is 13.4. The Balaban J connectivity index is 2.20. The summed E-state index contributed by atoms with van der Waals surface area (Å²) in [6.45, 7) is 1.47. The van der Waals surface area contributed by atoms with Gasteiger partial charge in [-0.3, -0.25) is 4.79 Å². The first-order valence-electron chi connectivity index (χ1n) is 8.90. The van der Waals surface area contributed by atoms with Crippen molar-refractivity contribution in [2.24, 2.45) is 0 Å². The molecule has 2 aromatic rings. The van der Waals surface area contributed by atoms with E-state index in [0.717, 1.165) is 38.0 Å². The molecule has 0 radical (unpaired) electrons. The Kier molecular flexibility index (Phi) is 5.52. The van der Waals surface area contributed by atoms with Crippen molar-refractivity contribution in [3.63, 3.8) is 0 Å². The van der Waals surface area contributed by atoms with E-state index in [9.17, 15) is 31.2 Å². The highest BCUT2D eigenvalue weighted by molar-refractivity contribution is 7.91. The summed E-state index contributed by atoms with van der Waals surface area (Å²) in [6.07, 6.45) is -1.76. The van der Waals surface area contributed by atoms with E-state index in [1.165, 1.54) is 6.92 Å².